The van der Waals surface area contributed by atoms with E-state index in [1.54, 1.807) is 28.8 Å². The predicted molar refractivity (Wildman–Crippen MR) is 98.4 cm³/mol. The number of carbonyl (C=O) groups is 3. The lowest BCUT2D eigenvalue weighted by Gasteiger charge is -2.32. The molecule has 0 saturated carbocycles. The Kier molecular flexibility index (Phi) is 5.11. The van der Waals surface area contributed by atoms with Gasteiger partial charge in [0.15, 0.2) is 5.92 Å². The highest BCUT2D eigenvalue weighted by Crippen LogP contribution is 2.27. The maximum atomic E-state index is 12.8. The number of carbonyl (C=O) groups excluding carboxylic acids is 3. The second-order valence-electron chi connectivity index (χ2n) is 6.97. The molecule has 0 atom stereocenters. The molecule has 0 N–H and O–H groups in total. The van der Waals surface area contributed by atoms with Gasteiger partial charge in [-0.1, -0.05) is 35.4 Å². The highest BCUT2D eigenvalue weighted by molar-refractivity contribution is 6.30. The first-order valence-corrected chi connectivity index (χ1v) is 8.98. The van der Waals surface area contributed by atoms with Crippen molar-refractivity contribution < 1.29 is 23.9 Å². The van der Waals surface area contributed by atoms with Crippen LogP contribution in [0.4, 0.5) is 0 Å². The smallest absolute Gasteiger partial charge is 0.323 e. The molecule has 1 aromatic heterocycles. The van der Waals surface area contributed by atoms with Crippen molar-refractivity contribution in [3.63, 3.8) is 0 Å². The van der Waals surface area contributed by atoms with Gasteiger partial charge in [0.1, 0.15) is 5.15 Å². The number of cyclic esters (lactones) is 2. The molecule has 1 fully saturated rings. The molecule has 3 rings (SSSR count). The average molecular weight is 390 g/mol. The predicted octanol–water partition coefficient (Wildman–Crippen LogP) is 3.52. The van der Waals surface area contributed by atoms with E-state index in [2.05, 4.69) is 0 Å². The molecule has 0 radical (unpaired) electrons. The van der Waals surface area contributed by atoms with Gasteiger partial charge in [0, 0.05) is 26.0 Å². The number of hydrogen-bond donors (Lipinski definition) is 0. The van der Waals surface area contributed by atoms with Crippen LogP contribution in [0.3, 0.4) is 0 Å². The molecule has 27 heavy (non-hydrogen) atoms. The molecule has 1 saturated heterocycles. The second kappa shape index (κ2) is 7.19. The van der Waals surface area contributed by atoms with Gasteiger partial charge in [0.05, 0.1) is 5.69 Å². The van der Waals surface area contributed by atoms with Crippen molar-refractivity contribution in [1.82, 2.24) is 4.57 Å². The SMILES string of the molecule is Cc1cccc(C(=O)c2ccc(Cl)n2CCC2C(=O)OC(C)(C)OC2=O)c1. The van der Waals surface area contributed by atoms with Crippen LogP contribution in [0.1, 0.15) is 41.9 Å². The Morgan fingerprint density at radius 2 is 1.81 bits per heavy atom. The summed E-state index contributed by atoms with van der Waals surface area (Å²) in [6.07, 6.45) is 0.121. The molecule has 0 unspecified atom stereocenters. The van der Waals surface area contributed by atoms with Gasteiger partial charge in [-0.2, -0.15) is 0 Å². The van der Waals surface area contributed by atoms with Gasteiger partial charge in [-0.05, 0) is 31.5 Å². The van der Waals surface area contributed by atoms with Crippen molar-refractivity contribution in [2.24, 2.45) is 5.92 Å². The number of rotatable bonds is 5. The summed E-state index contributed by atoms with van der Waals surface area (Å²) in [5, 5.41) is 0.351. The molecule has 0 spiro atoms. The lowest BCUT2D eigenvalue weighted by Crippen LogP contribution is -2.46. The Balaban J connectivity index is 1.79. The van der Waals surface area contributed by atoms with E-state index < -0.39 is 23.6 Å². The van der Waals surface area contributed by atoms with Crippen LogP contribution >= 0.6 is 11.6 Å². The Morgan fingerprint density at radius 3 is 2.44 bits per heavy atom. The van der Waals surface area contributed by atoms with Crippen LogP contribution in [0.15, 0.2) is 36.4 Å². The summed E-state index contributed by atoms with van der Waals surface area (Å²) < 4.78 is 11.8. The normalized spacial score (nSPS) is 16.7. The van der Waals surface area contributed by atoms with Gasteiger partial charge >= 0.3 is 11.9 Å². The quantitative estimate of drug-likeness (QED) is 0.444. The van der Waals surface area contributed by atoms with Gasteiger partial charge in [-0.3, -0.25) is 14.4 Å². The summed E-state index contributed by atoms with van der Waals surface area (Å²) >= 11 is 6.22. The highest BCUT2D eigenvalue weighted by atomic mass is 35.5. The van der Waals surface area contributed by atoms with Gasteiger partial charge in [-0.25, -0.2) is 0 Å². The number of halogens is 1. The molecule has 0 bridgehead atoms. The summed E-state index contributed by atoms with van der Waals surface area (Å²) in [6.45, 7) is 5.11. The second-order valence-corrected chi connectivity index (χ2v) is 7.36. The monoisotopic (exact) mass is 389 g/mol. The van der Waals surface area contributed by atoms with Gasteiger partial charge < -0.3 is 14.0 Å². The molecule has 0 aliphatic carbocycles. The average Bonchev–Trinajstić information content (AvgIpc) is 2.93. The van der Waals surface area contributed by atoms with E-state index in [9.17, 15) is 14.4 Å². The minimum absolute atomic E-state index is 0.121. The molecule has 6 nitrogen and oxygen atoms in total. The molecule has 142 valence electrons. The van der Waals surface area contributed by atoms with Gasteiger partial charge in [-0.15, -0.1) is 0 Å². The van der Waals surface area contributed by atoms with E-state index in [0.29, 0.717) is 16.4 Å². The van der Waals surface area contributed by atoms with E-state index in [-0.39, 0.29) is 18.7 Å². The minimum Gasteiger partial charge on any atom is -0.422 e. The van der Waals surface area contributed by atoms with Crippen molar-refractivity contribution >= 4 is 29.3 Å². The molecule has 1 aliphatic rings. The molecular formula is C20H20ClNO5. The molecule has 1 aromatic carbocycles. The van der Waals surface area contributed by atoms with E-state index in [1.807, 2.05) is 19.1 Å². The maximum absolute atomic E-state index is 12.8. The zero-order chi connectivity index (χ0) is 19.8. The van der Waals surface area contributed by atoms with Gasteiger partial charge in [0.25, 0.3) is 5.79 Å². The number of esters is 2. The number of benzene rings is 1. The summed E-state index contributed by atoms with van der Waals surface area (Å²) in [5.74, 6) is -3.75. The van der Waals surface area contributed by atoms with Crippen LogP contribution in [0, 0.1) is 12.8 Å². The number of ketones is 1. The number of aromatic nitrogens is 1. The molecular weight excluding hydrogens is 370 g/mol. The van der Waals surface area contributed by atoms with Crippen LogP contribution in [0.25, 0.3) is 0 Å². The first-order chi connectivity index (χ1) is 12.7. The number of ether oxygens (including phenoxy) is 2. The summed E-state index contributed by atoms with van der Waals surface area (Å²) in [4.78, 5) is 37.1. The standard InChI is InChI=1S/C20H20ClNO5/c1-12-5-4-6-13(11-12)17(23)15-7-8-16(21)22(15)10-9-14-18(24)26-20(2,3)27-19(14)25/h4-8,11,14H,9-10H2,1-3H3. The zero-order valence-electron chi connectivity index (χ0n) is 15.3. The summed E-state index contributed by atoms with van der Waals surface area (Å²) in [5.41, 5.74) is 1.91. The van der Waals surface area contributed by atoms with Crippen LogP contribution in [-0.2, 0) is 25.6 Å². The number of aryl methyl sites for hydroxylation is 1. The lowest BCUT2D eigenvalue weighted by molar-refractivity contribution is -0.240. The fourth-order valence-corrected chi connectivity index (χ4v) is 3.28. The van der Waals surface area contributed by atoms with Crippen molar-refractivity contribution in [3.8, 4) is 0 Å². The Morgan fingerprint density at radius 1 is 1.15 bits per heavy atom. The van der Waals surface area contributed by atoms with E-state index in [0.717, 1.165) is 5.56 Å². The Labute approximate surface area is 162 Å². The molecule has 0 amide bonds. The Bertz CT molecular complexity index is 895. The molecule has 1 aliphatic heterocycles. The largest absolute Gasteiger partial charge is 0.422 e. The van der Waals surface area contributed by atoms with Crippen LogP contribution in [-0.4, -0.2) is 28.1 Å². The fraction of sp³-hybridized carbons (Fsp3) is 0.350. The summed E-state index contributed by atoms with van der Waals surface area (Å²) in [7, 11) is 0. The zero-order valence-corrected chi connectivity index (χ0v) is 16.1. The van der Waals surface area contributed by atoms with Crippen molar-refractivity contribution in [2.45, 2.75) is 39.5 Å². The minimum atomic E-state index is -1.26. The first-order valence-electron chi connectivity index (χ1n) is 8.60. The maximum Gasteiger partial charge on any atom is 0.323 e. The molecule has 7 heteroatoms. The topological polar surface area (TPSA) is 74.6 Å². The van der Waals surface area contributed by atoms with Crippen LogP contribution in [0.2, 0.25) is 5.15 Å². The number of nitrogens with zero attached hydrogens (tertiary/aromatic N) is 1. The van der Waals surface area contributed by atoms with Crippen LogP contribution < -0.4 is 0 Å². The number of hydrogen-bond acceptors (Lipinski definition) is 5. The molecule has 2 heterocycles. The Hall–Kier alpha value is -2.60. The lowest BCUT2D eigenvalue weighted by atomic mass is 10.0. The van der Waals surface area contributed by atoms with Gasteiger partial charge in [0.2, 0.25) is 5.78 Å². The third kappa shape index (κ3) is 4.06. The third-order valence-corrected chi connectivity index (χ3v) is 4.67. The third-order valence-electron chi connectivity index (χ3n) is 4.34. The highest BCUT2D eigenvalue weighted by Gasteiger charge is 2.42. The van der Waals surface area contributed by atoms with Crippen LogP contribution in [0.5, 0.6) is 0 Å². The van der Waals surface area contributed by atoms with Crippen molar-refractivity contribution in [3.05, 3.63) is 58.4 Å². The van der Waals surface area contributed by atoms with E-state index in [4.69, 9.17) is 21.1 Å². The van der Waals surface area contributed by atoms with Crippen molar-refractivity contribution in [1.29, 1.82) is 0 Å². The van der Waals surface area contributed by atoms with E-state index in [1.165, 1.54) is 13.8 Å². The molecule has 2 aromatic rings. The van der Waals surface area contributed by atoms with Crippen molar-refractivity contribution in [2.75, 3.05) is 0 Å². The van der Waals surface area contributed by atoms with E-state index >= 15 is 0 Å². The fourth-order valence-electron chi connectivity index (χ4n) is 3.04. The summed E-state index contributed by atoms with van der Waals surface area (Å²) in [6, 6.07) is 10.5. The first kappa shape index (κ1) is 19.2.